The normalized spacial score (nSPS) is 12.5. The van der Waals surface area contributed by atoms with Crippen molar-refractivity contribution in [1.82, 2.24) is 0 Å². The van der Waals surface area contributed by atoms with Crippen molar-refractivity contribution in [2.24, 2.45) is 0 Å². The number of carbonyl (C=O) groups is 1. The van der Waals surface area contributed by atoms with Crippen LogP contribution in [0.3, 0.4) is 0 Å². The van der Waals surface area contributed by atoms with Crippen LogP contribution in [0.5, 0.6) is 0 Å². The fourth-order valence-corrected chi connectivity index (χ4v) is 3.36. The standard InChI is InChI=1S/C15H22ClNO2.C6H6O2S/c1-5-13-8-6-7-11(2)15(13)17(14(18)9-16)12(3)10-19-4;7-9(8)6-4-2-1-3-5-6/h6-8,12H,5,9-10H2,1-4H3;1-5H,(H,7,8)/p-1. The lowest BCUT2D eigenvalue weighted by atomic mass is 10.0. The van der Waals surface area contributed by atoms with E-state index in [2.05, 4.69) is 13.0 Å². The van der Waals surface area contributed by atoms with Crippen molar-refractivity contribution in [3.8, 4) is 0 Å². The molecule has 0 bridgehead atoms. The van der Waals surface area contributed by atoms with Crippen LogP contribution in [0.2, 0.25) is 0 Å². The predicted molar refractivity (Wildman–Crippen MR) is 114 cm³/mol. The van der Waals surface area contributed by atoms with Crippen molar-refractivity contribution in [1.29, 1.82) is 0 Å². The number of alkyl halides is 1. The Kier molecular flexibility index (Phi) is 11.0. The second-order valence-electron chi connectivity index (χ2n) is 6.19. The number of carbonyl (C=O) groups excluding carboxylic acids is 1. The van der Waals surface area contributed by atoms with Gasteiger partial charge in [0.1, 0.15) is 5.88 Å². The average Bonchev–Trinajstić information content (AvgIpc) is 2.70. The molecule has 0 radical (unpaired) electrons. The largest absolute Gasteiger partial charge is 0.768 e. The zero-order chi connectivity index (χ0) is 21.1. The van der Waals surface area contributed by atoms with Crippen molar-refractivity contribution in [3.05, 3.63) is 59.7 Å². The van der Waals surface area contributed by atoms with E-state index in [-0.39, 0.29) is 17.8 Å². The summed E-state index contributed by atoms with van der Waals surface area (Å²) in [5.41, 5.74) is 3.21. The Labute approximate surface area is 174 Å². The molecular weight excluding hydrogens is 398 g/mol. The summed E-state index contributed by atoms with van der Waals surface area (Å²) in [5, 5.41) is 0. The molecule has 2 atom stereocenters. The van der Waals surface area contributed by atoms with Crippen LogP contribution in [0.15, 0.2) is 53.4 Å². The number of nitrogens with zero attached hydrogens (tertiary/aromatic N) is 1. The molecule has 0 heterocycles. The predicted octanol–water partition coefficient (Wildman–Crippen LogP) is 4.09. The van der Waals surface area contributed by atoms with Gasteiger partial charge in [0.25, 0.3) is 0 Å². The van der Waals surface area contributed by atoms with Gasteiger partial charge in [-0.1, -0.05) is 43.3 Å². The van der Waals surface area contributed by atoms with E-state index in [1.807, 2.05) is 26.0 Å². The minimum absolute atomic E-state index is 0.0223. The number of aryl methyl sites for hydroxylation is 2. The van der Waals surface area contributed by atoms with Gasteiger partial charge in [0.2, 0.25) is 5.91 Å². The highest BCUT2D eigenvalue weighted by molar-refractivity contribution is 7.79. The zero-order valence-electron chi connectivity index (χ0n) is 16.7. The Morgan fingerprint density at radius 2 is 1.86 bits per heavy atom. The highest BCUT2D eigenvalue weighted by Crippen LogP contribution is 2.28. The SMILES string of the molecule is CCc1cccc(C)c1N(C(=O)CCl)C(C)COC.O=S([O-])c1ccccc1. The highest BCUT2D eigenvalue weighted by atomic mass is 35.5. The van der Waals surface area contributed by atoms with E-state index >= 15 is 0 Å². The molecule has 0 spiro atoms. The van der Waals surface area contributed by atoms with Crippen LogP contribution in [-0.4, -0.2) is 40.3 Å². The maximum absolute atomic E-state index is 12.2. The Hall–Kier alpha value is -1.73. The molecule has 2 rings (SSSR count). The summed E-state index contributed by atoms with van der Waals surface area (Å²) in [4.78, 5) is 14.3. The highest BCUT2D eigenvalue weighted by Gasteiger charge is 2.24. The second-order valence-corrected chi connectivity index (χ2v) is 7.39. The number of hydrogen-bond acceptors (Lipinski definition) is 4. The fourth-order valence-electron chi connectivity index (χ4n) is 2.85. The van der Waals surface area contributed by atoms with Gasteiger partial charge in [-0.05, 0) is 54.6 Å². The lowest BCUT2D eigenvalue weighted by molar-refractivity contribution is -0.116. The van der Waals surface area contributed by atoms with Crippen LogP contribution in [0.4, 0.5) is 5.69 Å². The summed E-state index contributed by atoms with van der Waals surface area (Å²) in [6, 6.07) is 14.3. The number of methoxy groups -OCH3 is 1. The first-order valence-corrected chi connectivity index (χ1v) is 10.6. The molecular formula is C21H27ClNO4S-. The molecule has 154 valence electrons. The summed E-state index contributed by atoms with van der Waals surface area (Å²) in [6.45, 7) is 6.56. The first-order valence-electron chi connectivity index (χ1n) is 8.97. The van der Waals surface area contributed by atoms with E-state index < -0.39 is 11.1 Å². The van der Waals surface area contributed by atoms with E-state index in [4.69, 9.17) is 16.3 Å². The van der Waals surface area contributed by atoms with Gasteiger partial charge in [0.15, 0.2) is 0 Å². The summed E-state index contributed by atoms with van der Waals surface area (Å²) in [7, 11) is 1.64. The van der Waals surface area contributed by atoms with E-state index in [0.29, 0.717) is 11.5 Å². The third-order valence-corrected chi connectivity index (χ3v) is 5.00. The van der Waals surface area contributed by atoms with Gasteiger partial charge in [-0.25, -0.2) is 0 Å². The maximum atomic E-state index is 12.2. The minimum Gasteiger partial charge on any atom is -0.768 e. The number of amides is 1. The molecule has 5 nitrogen and oxygen atoms in total. The third-order valence-electron chi connectivity index (χ3n) is 4.11. The van der Waals surface area contributed by atoms with Crippen molar-refractivity contribution in [2.75, 3.05) is 24.5 Å². The van der Waals surface area contributed by atoms with Gasteiger partial charge in [-0.3, -0.25) is 9.00 Å². The lowest BCUT2D eigenvalue weighted by Crippen LogP contribution is -2.43. The van der Waals surface area contributed by atoms with Crippen LogP contribution in [0, 0.1) is 6.92 Å². The first-order chi connectivity index (χ1) is 13.4. The van der Waals surface area contributed by atoms with Crippen LogP contribution in [0.25, 0.3) is 0 Å². The fraction of sp³-hybridized carbons (Fsp3) is 0.381. The number of rotatable bonds is 7. The Bertz CT molecular complexity index is 770. The van der Waals surface area contributed by atoms with Crippen LogP contribution >= 0.6 is 11.6 Å². The quantitative estimate of drug-likeness (QED) is 0.495. The summed E-state index contributed by atoms with van der Waals surface area (Å²) >= 11 is 3.68. The van der Waals surface area contributed by atoms with Crippen LogP contribution in [-0.2, 0) is 27.0 Å². The number of hydrogen-bond donors (Lipinski definition) is 0. The monoisotopic (exact) mass is 424 g/mol. The third kappa shape index (κ3) is 7.02. The van der Waals surface area contributed by atoms with E-state index in [1.54, 1.807) is 42.3 Å². The summed E-state index contributed by atoms with van der Waals surface area (Å²) in [6.07, 6.45) is 0.878. The average molecular weight is 425 g/mol. The molecule has 0 fully saturated rings. The van der Waals surface area contributed by atoms with Crippen LogP contribution < -0.4 is 4.90 Å². The van der Waals surface area contributed by atoms with Crippen molar-refractivity contribution in [3.63, 3.8) is 0 Å². The van der Waals surface area contributed by atoms with Gasteiger partial charge in [-0.2, -0.15) is 0 Å². The van der Waals surface area contributed by atoms with Crippen molar-refractivity contribution in [2.45, 2.75) is 38.1 Å². The number of halogens is 1. The van der Waals surface area contributed by atoms with E-state index in [1.165, 1.54) is 0 Å². The maximum Gasteiger partial charge on any atom is 0.242 e. The molecule has 0 aromatic heterocycles. The van der Waals surface area contributed by atoms with Crippen LogP contribution in [0.1, 0.15) is 25.0 Å². The Morgan fingerprint density at radius 1 is 1.21 bits per heavy atom. The van der Waals surface area contributed by atoms with Gasteiger partial charge in [0.05, 0.1) is 18.3 Å². The van der Waals surface area contributed by atoms with Crippen molar-refractivity contribution >= 4 is 34.3 Å². The minimum atomic E-state index is -2.08. The lowest BCUT2D eigenvalue weighted by Gasteiger charge is -2.31. The first kappa shape index (κ1) is 24.3. The van der Waals surface area contributed by atoms with Crippen molar-refractivity contribution < 1.29 is 18.3 Å². The molecule has 0 saturated carbocycles. The Morgan fingerprint density at radius 3 is 2.32 bits per heavy atom. The number of anilines is 1. The van der Waals surface area contributed by atoms with E-state index in [9.17, 15) is 13.6 Å². The molecule has 0 saturated heterocycles. The smallest absolute Gasteiger partial charge is 0.242 e. The van der Waals surface area contributed by atoms with E-state index in [0.717, 1.165) is 23.2 Å². The summed E-state index contributed by atoms with van der Waals surface area (Å²) < 4.78 is 25.6. The second kappa shape index (κ2) is 12.7. The molecule has 2 unspecified atom stereocenters. The number of ether oxygens (including phenoxy) is 1. The topological polar surface area (TPSA) is 69.7 Å². The molecule has 2 aromatic rings. The molecule has 0 aliphatic heterocycles. The number of benzene rings is 2. The molecule has 0 aliphatic rings. The molecule has 1 amide bonds. The molecule has 28 heavy (non-hydrogen) atoms. The van der Waals surface area contributed by atoms with Gasteiger partial charge < -0.3 is 14.2 Å². The molecule has 2 aromatic carbocycles. The summed E-state index contributed by atoms with van der Waals surface area (Å²) in [5.74, 6) is -0.110. The zero-order valence-corrected chi connectivity index (χ0v) is 18.3. The Balaban J connectivity index is 0.000000362. The van der Waals surface area contributed by atoms with Gasteiger partial charge in [-0.15, -0.1) is 11.6 Å². The van der Waals surface area contributed by atoms with Gasteiger partial charge >= 0.3 is 0 Å². The molecule has 0 N–H and O–H groups in total. The molecule has 7 heteroatoms. The molecule has 0 aliphatic carbocycles. The van der Waals surface area contributed by atoms with Gasteiger partial charge in [0, 0.05) is 12.0 Å². The number of para-hydroxylation sites is 1.